The molecule has 5 heteroatoms. The normalized spacial score (nSPS) is 19.2. The van der Waals surface area contributed by atoms with E-state index in [0.29, 0.717) is 25.9 Å². The Kier molecular flexibility index (Phi) is 2.92. The van der Waals surface area contributed by atoms with Gasteiger partial charge in [0.25, 0.3) is 0 Å². The fraction of sp³-hybridized carbons (Fsp3) is 0.714. The average Bonchev–Trinajstić information content (AvgIpc) is 2.04. The SMILES string of the molecule is O=C(O)C1CCN(C(=O)Cl)CC1. The summed E-state index contributed by atoms with van der Waals surface area (Å²) >= 11 is 5.22. The molecule has 0 aromatic carbocycles. The van der Waals surface area contributed by atoms with Crippen LogP contribution in [0, 0.1) is 5.92 Å². The van der Waals surface area contributed by atoms with Crippen molar-refractivity contribution in [3.05, 3.63) is 0 Å². The summed E-state index contributed by atoms with van der Waals surface area (Å²) in [6, 6.07) is 0. The first kappa shape index (κ1) is 9.32. The lowest BCUT2D eigenvalue weighted by Gasteiger charge is -2.27. The number of amides is 1. The minimum Gasteiger partial charge on any atom is -0.481 e. The predicted octanol–water partition coefficient (Wildman–Crippen LogP) is 1.14. The standard InChI is InChI=1S/C7H10ClNO3/c8-7(12)9-3-1-5(2-4-9)6(10)11/h5H,1-4H2,(H,10,11). The number of rotatable bonds is 1. The fourth-order valence-electron chi connectivity index (χ4n) is 1.30. The molecule has 1 heterocycles. The van der Waals surface area contributed by atoms with Gasteiger partial charge in [0.15, 0.2) is 0 Å². The highest BCUT2D eigenvalue weighted by Crippen LogP contribution is 2.17. The number of likely N-dealkylation sites (tertiary alicyclic amines) is 1. The maximum atomic E-state index is 10.6. The lowest BCUT2D eigenvalue weighted by Crippen LogP contribution is -2.37. The number of piperidine rings is 1. The molecule has 0 aromatic heterocycles. The number of carboxylic acid groups (broad SMARTS) is 1. The van der Waals surface area contributed by atoms with E-state index in [4.69, 9.17) is 16.7 Å². The van der Waals surface area contributed by atoms with Crippen molar-refractivity contribution in [1.82, 2.24) is 4.90 Å². The summed E-state index contributed by atoms with van der Waals surface area (Å²) < 4.78 is 0. The zero-order valence-corrected chi connectivity index (χ0v) is 7.25. The quantitative estimate of drug-likeness (QED) is 0.500. The van der Waals surface area contributed by atoms with Crippen molar-refractivity contribution < 1.29 is 14.7 Å². The third-order valence-corrected chi connectivity index (χ3v) is 2.33. The summed E-state index contributed by atoms with van der Waals surface area (Å²) in [5.41, 5.74) is 0. The van der Waals surface area contributed by atoms with E-state index in [-0.39, 0.29) is 5.92 Å². The maximum absolute atomic E-state index is 10.6. The molecule has 68 valence electrons. The molecule has 0 radical (unpaired) electrons. The molecule has 0 spiro atoms. The first-order valence-electron chi connectivity index (χ1n) is 3.78. The van der Waals surface area contributed by atoms with Crippen LogP contribution in [0.3, 0.4) is 0 Å². The third kappa shape index (κ3) is 2.11. The third-order valence-electron chi connectivity index (χ3n) is 2.09. The Balaban J connectivity index is 2.39. The minimum atomic E-state index is -0.781. The second-order valence-electron chi connectivity index (χ2n) is 2.85. The zero-order chi connectivity index (χ0) is 9.14. The Morgan fingerprint density at radius 3 is 2.17 bits per heavy atom. The molecule has 0 aromatic rings. The summed E-state index contributed by atoms with van der Waals surface area (Å²) in [6.45, 7) is 0.915. The van der Waals surface area contributed by atoms with Gasteiger partial charge in [-0.3, -0.25) is 9.59 Å². The van der Waals surface area contributed by atoms with Crippen LogP contribution in [0.2, 0.25) is 0 Å². The predicted molar refractivity (Wildman–Crippen MR) is 43.2 cm³/mol. The number of carbonyl (C=O) groups excluding carboxylic acids is 1. The fourth-order valence-corrected chi connectivity index (χ4v) is 1.47. The van der Waals surface area contributed by atoms with Gasteiger partial charge in [0.1, 0.15) is 0 Å². The first-order valence-corrected chi connectivity index (χ1v) is 4.16. The Morgan fingerprint density at radius 1 is 1.33 bits per heavy atom. The molecule has 0 atom stereocenters. The molecule has 1 fully saturated rings. The molecule has 1 saturated heterocycles. The van der Waals surface area contributed by atoms with E-state index in [9.17, 15) is 9.59 Å². The van der Waals surface area contributed by atoms with Gasteiger partial charge < -0.3 is 10.0 Å². The number of carboxylic acids is 1. The number of nitrogens with zero attached hydrogens (tertiary/aromatic N) is 1. The van der Waals surface area contributed by atoms with Gasteiger partial charge in [-0.15, -0.1) is 0 Å². The molecular weight excluding hydrogens is 182 g/mol. The van der Waals surface area contributed by atoms with Crippen LogP contribution < -0.4 is 0 Å². The Bertz CT molecular complexity index is 177. The highest BCUT2D eigenvalue weighted by atomic mass is 35.5. The smallest absolute Gasteiger partial charge is 0.316 e. The van der Waals surface area contributed by atoms with Gasteiger partial charge in [-0.1, -0.05) is 0 Å². The molecule has 12 heavy (non-hydrogen) atoms. The summed E-state index contributed by atoms with van der Waals surface area (Å²) in [7, 11) is 0. The molecule has 0 unspecified atom stereocenters. The summed E-state index contributed by atoms with van der Waals surface area (Å²) in [5, 5.41) is 8.14. The van der Waals surface area contributed by atoms with E-state index in [1.807, 2.05) is 0 Å². The summed E-state index contributed by atoms with van der Waals surface area (Å²) in [5.74, 6) is -1.09. The van der Waals surface area contributed by atoms with E-state index in [1.165, 1.54) is 4.90 Å². The van der Waals surface area contributed by atoms with E-state index >= 15 is 0 Å². The number of halogens is 1. The largest absolute Gasteiger partial charge is 0.481 e. The lowest BCUT2D eigenvalue weighted by molar-refractivity contribution is -0.143. The van der Waals surface area contributed by atoms with Crippen LogP contribution in [0.4, 0.5) is 4.79 Å². The van der Waals surface area contributed by atoms with Crippen LogP contribution in [0.15, 0.2) is 0 Å². The van der Waals surface area contributed by atoms with E-state index in [0.717, 1.165) is 0 Å². The van der Waals surface area contributed by atoms with Gasteiger partial charge in [-0.2, -0.15) is 0 Å². The molecule has 1 N–H and O–H groups in total. The molecule has 1 rings (SSSR count). The van der Waals surface area contributed by atoms with Crippen LogP contribution in [0.25, 0.3) is 0 Å². The molecule has 0 saturated carbocycles. The van der Waals surface area contributed by atoms with Crippen LogP contribution in [-0.2, 0) is 4.79 Å². The van der Waals surface area contributed by atoms with Gasteiger partial charge >= 0.3 is 11.3 Å². The molecule has 0 aliphatic carbocycles. The minimum absolute atomic E-state index is 0.308. The van der Waals surface area contributed by atoms with Gasteiger partial charge in [0.05, 0.1) is 5.92 Å². The monoisotopic (exact) mass is 191 g/mol. The molecule has 0 bridgehead atoms. The topological polar surface area (TPSA) is 57.6 Å². The number of carbonyl (C=O) groups is 2. The Hall–Kier alpha value is -0.770. The highest BCUT2D eigenvalue weighted by Gasteiger charge is 2.25. The van der Waals surface area contributed by atoms with Crippen molar-refractivity contribution in [2.75, 3.05) is 13.1 Å². The van der Waals surface area contributed by atoms with E-state index < -0.39 is 11.3 Å². The number of hydrogen-bond donors (Lipinski definition) is 1. The molecule has 4 nitrogen and oxygen atoms in total. The second kappa shape index (κ2) is 3.76. The van der Waals surface area contributed by atoms with Gasteiger partial charge in [0.2, 0.25) is 0 Å². The zero-order valence-electron chi connectivity index (χ0n) is 6.49. The van der Waals surface area contributed by atoms with E-state index in [1.54, 1.807) is 0 Å². The number of hydrogen-bond acceptors (Lipinski definition) is 2. The van der Waals surface area contributed by atoms with Crippen LogP contribution in [0.5, 0.6) is 0 Å². The van der Waals surface area contributed by atoms with Crippen molar-refractivity contribution in [2.24, 2.45) is 5.92 Å². The van der Waals surface area contributed by atoms with Gasteiger partial charge in [-0.05, 0) is 24.4 Å². The van der Waals surface area contributed by atoms with E-state index in [2.05, 4.69) is 0 Å². The van der Waals surface area contributed by atoms with Crippen molar-refractivity contribution >= 4 is 22.9 Å². The summed E-state index contributed by atoms with van der Waals surface area (Å²) in [4.78, 5) is 22.6. The Morgan fingerprint density at radius 2 is 1.83 bits per heavy atom. The maximum Gasteiger partial charge on any atom is 0.316 e. The van der Waals surface area contributed by atoms with Gasteiger partial charge in [-0.25, -0.2) is 0 Å². The van der Waals surface area contributed by atoms with Crippen molar-refractivity contribution in [3.8, 4) is 0 Å². The average molecular weight is 192 g/mol. The van der Waals surface area contributed by atoms with Crippen LogP contribution >= 0.6 is 11.6 Å². The molecule has 1 aliphatic rings. The first-order chi connectivity index (χ1) is 5.61. The second-order valence-corrected chi connectivity index (χ2v) is 3.18. The highest BCUT2D eigenvalue weighted by molar-refractivity contribution is 6.62. The number of aliphatic carboxylic acids is 1. The van der Waals surface area contributed by atoms with Crippen LogP contribution in [-0.4, -0.2) is 34.4 Å². The molecular formula is C7H10ClNO3. The van der Waals surface area contributed by atoms with Crippen LogP contribution in [0.1, 0.15) is 12.8 Å². The lowest BCUT2D eigenvalue weighted by atomic mass is 9.98. The van der Waals surface area contributed by atoms with Crippen molar-refractivity contribution in [1.29, 1.82) is 0 Å². The molecule has 1 aliphatic heterocycles. The molecule has 1 amide bonds. The van der Waals surface area contributed by atoms with Crippen molar-refractivity contribution in [3.63, 3.8) is 0 Å². The van der Waals surface area contributed by atoms with Crippen molar-refractivity contribution in [2.45, 2.75) is 12.8 Å². The summed E-state index contributed by atoms with van der Waals surface area (Å²) in [6.07, 6.45) is 1.02. The Labute approximate surface area is 75.1 Å². The van der Waals surface area contributed by atoms with Gasteiger partial charge in [0, 0.05) is 13.1 Å².